The predicted molar refractivity (Wildman–Crippen MR) is 124 cm³/mol. The van der Waals surface area contributed by atoms with Crippen molar-refractivity contribution in [3.05, 3.63) is 88.6 Å². The summed E-state index contributed by atoms with van der Waals surface area (Å²) in [6, 6.07) is 14.0. The summed E-state index contributed by atoms with van der Waals surface area (Å²) in [5, 5.41) is 10.2. The van der Waals surface area contributed by atoms with Crippen LogP contribution in [-0.2, 0) is 6.54 Å². The van der Waals surface area contributed by atoms with Gasteiger partial charge in [0.05, 0.1) is 29.0 Å². The molecule has 0 radical (unpaired) electrons. The van der Waals surface area contributed by atoms with Crippen molar-refractivity contribution in [2.24, 2.45) is 5.73 Å². The molecule has 0 aliphatic heterocycles. The van der Waals surface area contributed by atoms with Crippen molar-refractivity contribution >= 4 is 34.3 Å². The molecule has 4 N–H and O–H groups in total. The molecule has 0 atom stereocenters. The molecule has 0 unspecified atom stereocenters. The number of hydrogen-bond donors (Lipinski definition) is 3. The van der Waals surface area contributed by atoms with Gasteiger partial charge in [0.1, 0.15) is 17.2 Å². The van der Waals surface area contributed by atoms with Gasteiger partial charge in [-0.05, 0) is 36.8 Å². The highest BCUT2D eigenvalue weighted by atomic mass is 19.1. The average Bonchev–Trinajstić information content (AvgIpc) is 3.13. The fourth-order valence-electron chi connectivity index (χ4n) is 3.63. The number of aryl methyl sites for hydroxylation is 1. The SMILES string of the molecule is CNC(=O)c1c(NC(=O)c2cc(C(N)=O)c3ccccc3n2)c(C)nn1Cc1ccc(F)cc1. The lowest BCUT2D eigenvalue weighted by atomic mass is 10.1. The summed E-state index contributed by atoms with van der Waals surface area (Å²) >= 11 is 0. The molecule has 3 amide bonds. The van der Waals surface area contributed by atoms with Gasteiger partial charge in [0, 0.05) is 12.4 Å². The first kappa shape index (κ1) is 22.6. The number of primary amides is 1. The van der Waals surface area contributed by atoms with Crippen LogP contribution in [0.25, 0.3) is 10.9 Å². The van der Waals surface area contributed by atoms with Crippen molar-refractivity contribution in [2.75, 3.05) is 12.4 Å². The first-order chi connectivity index (χ1) is 16.3. The van der Waals surface area contributed by atoms with Crippen LogP contribution in [-0.4, -0.2) is 39.5 Å². The Bertz CT molecular complexity index is 1430. The van der Waals surface area contributed by atoms with E-state index in [1.165, 1.54) is 29.9 Å². The number of carbonyl (C=O) groups excluding carboxylic acids is 3. The lowest BCUT2D eigenvalue weighted by Gasteiger charge is -2.11. The van der Waals surface area contributed by atoms with E-state index >= 15 is 0 Å². The molecule has 172 valence electrons. The molecule has 2 aromatic carbocycles. The fraction of sp³-hybridized carbons (Fsp3) is 0.125. The maximum absolute atomic E-state index is 13.3. The third-order valence-corrected chi connectivity index (χ3v) is 5.27. The van der Waals surface area contributed by atoms with E-state index in [1.807, 2.05) is 0 Å². The highest BCUT2D eigenvalue weighted by Crippen LogP contribution is 2.24. The van der Waals surface area contributed by atoms with E-state index in [9.17, 15) is 18.8 Å². The van der Waals surface area contributed by atoms with E-state index in [0.717, 1.165) is 0 Å². The smallest absolute Gasteiger partial charge is 0.274 e. The summed E-state index contributed by atoms with van der Waals surface area (Å²) in [7, 11) is 1.46. The maximum atomic E-state index is 13.3. The fourth-order valence-corrected chi connectivity index (χ4v) is 3.63. The summed E-state index contributed by atoms with van der Waals surface area (Å²) in [5.41, 5.74) is 7.48. The van der Waals surface area contributed by atoms with Crippen LogP contribution in [0.4, 0.5) is 10.1 Å². The molecular formula is C24H21FN6O3. The van der Waals surface area contributed by atoms with Gasteiger partial charge < -0.3 is 16.4 Å². The number of nitrogens with zero attached hydrogens (tertiary/aromatic N) is 3. The standard InChI is InChI=1S/C24H21FN6O3/c1-13-20(21(24(34)27-2)31(30-13)12-14-7-9-15(25)10-8-14)29-23(33)19-11-17(22(26)32)16-5-3-4-6-18(16)28-19/h3-11H,12H2,1-2H3,(H2,26,32)(H,27,34)(H,29,33). The topological polar surface area (TPSA) is 132 Å². The molecule has 0 aliphatic rings. The monoisotopic (exact) mass is 460 g/mol. The van der Waals surface area contributed by atoms with Crippen LogP contribution < -0.4 is 16.4 Å². The van der Waals surface area contributed by atoms with E-state index < -0.39 is 17.7 Å². The number of nitrogens with two attached hydrogens (primary N) is 1. The number of para-hydroxylation sites is 1. The zero-order valence-electron chi connectivity index (χ0n) is 18.4. The molecule has 0 fully saturated rings. The number of benzene rings is 2. The second-order valence-electron chi connectivity index (χ2n) is 7.56. The molecule has 9 nitrogen and oxygen atoms in total. The minimum Gasteiger partial charge on any atom is -0.366 e. The number of halogens is 1. The number of carbonyl (C=O) groups is 3. The van der Waals surface area contributed by atoms with Crippen molar-refractivity contribution in [2.45, 2.75) is 13.5 Å². The lowest BCUT2D eigenvalue weighted by Crippen LogP contribution is -2.25. The summed E-state index contributed by atoms with van der Waals surface area (Å²) in [6.45, 7) is 1.83. The Morgan fingerprint density at radius 2 is 1.76 bits per heavy atom. The summed E-state index contributed by atoms with van der Waals surface area (Å²) < 4.78 is 14.7. The molecule has 0 spiro atoms. The molecule has 10 heteroatoms. The van der Waals surface area contributed by atoms with Gasteiger partial charge in [-0.1, -0.05) is 30.3 Å². The third kappa shape index (κ3) is 4.33. The molecule has 4 aromatic rings. The summed E-state index contributed by atoms with van der Waals surface area (Å²) in [5.74, 6) is -2.18. The minimum atomic E-state index is -0.693. The van der Waals surface area contributed by atoms with E-state index in [1.54, 1.807) is 43.3 Å². The number of pyridine rings is 1. The molecule has 2 heterocycles. The van der Waals surface area contributed by atoms with Crippen LogP contribution in [0.3, 0.4) is 0 Å². The van der Waals surface area contributed by atoms with E-state index in [4.69, 9.17) is 5.73 Å². The normalized spacial score (nSPS) is 10.8. The number of amides is 3. The predicted octanol–water partition coefficient (Wildman–Crippen LogP) is 2.64. The van der Waals surface area contributed by atoms with Crippen molar-refractivity contribution in [3.63, 3.8) is 0 Å². The van der Waals surface area contributed by atoms with Crippen molar-refractivity contribution < 1.29 is 18.8 Å². The number of aromatic nitrogens is 3. The zero-order chi connectivity index (χ0) is 24.4. The van der Waals surface area contributed by atoms with E-state index in [-0.39, 0.29) is 35.0 Å². The van der Waals surface area contributed by atoms with Crippen LogP contribution in [0, 0.1) is 12.7 Å². The van der Waals surface area contributed by atoms with E-state index in [0.29, 0.717) is 22.2 Å². The molecule has 34 heavy (non-hydrogen) atoms. The second-order valence-corrected chi connectivity index (χ2v) is 7.56. The minimum absolute atomic E-state index is 0.0407. The molecule has 0 bridgehead atoms. The largest absolute Gasteiger partial charge is 0.366 e. The molecular weight excluding hydrogens is 439 g/mol. The Labute approximate surface area is 193 Å². The molecule has 4 rings (SSSR count). The van der Waals surface area contributed by atoms with Gasteiger partial charge in [-0.25, -0.2) is 9.37 Å². The maximum Gasteiger partial charge on any atom is 0.274 e. The Kier molecular flexibility index (Phi) is 6.05. The molecule has 0 saturated carbocycles. The van der Waals surface area contributed by atoms with Crippen LogP contribution in [0.15, 0.2) is 54.6 Å². The van der Waals surface area contributed by atoms with Gasteiger partial charge in [0.15, 0.2) is 0 Å². The van der Waals surface area contributed by atoms with Crippen LogP contribution in [0.5, 0.6) is 0 Å². The lowest BCUT2D eigenvalue weighted by molar-refractivity contribution is 0.0952. The molecule has 0 aliphatic carbocycles. The number of nitrogens with one attached hydrogen (secondary N) is 2. The Morgan fingerprint density at radius 3 is 2.44 bits per heavy atom. The molecule has 2 aromatic heterocycles. The number of fused-ring (bicyclic) bond motifs is 1. The Morgan fingerprint density at radius 1 is 1.06 bits per heavy atom. The van der Waals surface area contributed by atoms with Gasteiger partial charge in [-0.2, -0.15) is 5.10 Å². The Hall–Kier alpha value is -4.60. The zero-order valence-corrected chi connectivity index (χ0v) is 18.4. The number of hydrogen-bond acceptors (Lipinski definition) is 5. The van der Waals surface area contributed by atoms with Gasteiger partial charge in [-0.15, -0.1) is 0 Å². The first-order valence-electron chi connectivity index (χ1n) is 10.3. The highest BCUT2D eigenvalue weighted by Gasteiger charge is 2.24. The van der Waals surface area contributed by atoms with Gasteiger partial charge in [0.2, 0.25) is 5.91 Å². The highest BCUT2D eigenvalue weighted by molar-refractivity contribution is 6.12. The summed E-state index contributed by atoms with van der Waals surface area (Å²) in [6.07, 6.45) is 0. The average molecular weight is 460 g/mol. The van der Waals surface area contributed by atoms with Crippen LogP contribution >= 0.6 is 0 Å². The summed E-state index contributed by atoms with van der Waals surface area (Å²) in [4.78, 5) is 42.1. The third-order valence-electron chi connectivity index (χ3n) is 5.27. The van der Waals surface area contributed by atoms with Gasteiger partial charge >= 0.3 is 0 Å². The second kappa shape index (κ2) is 9.10. The van der Waals surface area contributed by atoms with Gasteiger partial charge in [0.25, 0.3) is 11.8 Å². The Balaban J connectivity index is 1.73. The van der Waals surface area contributed by atoms with Gasteiger partial charge in [-0.3, -0.25) is 19.1 Å². The van der Waals surface area contributed by atoms with Crippen molar-refractivity contribution in [3.8, 4) is 0 Å². The van der Waals surface area contributed by atoms with Crippen molar-refractivity contribution in [1.29, 1.82) is 0 Å². The van der Waals surface area contributed by atoms with Crippen molar-refractivity contribution in [1.82, 2.24) is 20.1 Å². The molecule has 0 saturated heterocycles. The quantitative estimate of drug-likeness (QED) is 0.407. The number of anilines is 1. The number of rotatable bonds is 6. The van der Waals surface area contributed by atoms with Crippen LogP contribution in [0.2, 0.25) is 0 Å². The van der Waals surface area contributed by atoms with Crippen LogP contribution in [0.1, 0.15) is 42.6 Å². The van der Waals surface area contributed by atoms with E-state index in [2.05, 4.69) is 20.7 Å². The first-order valence-corrected chi connectivity index (χ1v) is 10.3.